The lowest BCUT2D eigenvalue weighted by Gasteiger charge is -2.13. The predicted octanol–water partition coefficient (Wildman–Crippen LogP) is 5.94. The first-order chi connectivity index (χ1) is 12.9. The Morgan fingerprint density at radius 1 is 1.15 bits per heavy atom. The van der Waals surface area contributed by atoms with Gasteiger partial charge in [0.2, 0.25) is 0 Å². The predicted molar refractivity (Wildman–Crippen MR) is 114 cm³/mol. The first-order valence-electron chi connectivity index (χ1n) is 8.98. The standard InChI is InChI=1S/C22H26BrNO3/c1-5-16(4)17-6-11-21(20(23)12-17)27-14-22(25)24-18-7-9-19(10-8-18)26-13-15(2)3/h6-12,16H,2,5,13-14H2,1,3-4H3,(H,24,25). The Kier molecular flexibility index (Phi) is 7.92. The zero-order chi connectivity index (χ0) is 19.8. The van der Waals surface area contributed by atoms with Gasteiger partial charge in [-0.2, -0.15) is 0 Å². The summed E-state index contributed by atoms with van der Waals surface area (Å²) in [6.45, 7) is 10.5. The van der Waals surface area contributed by atoms with E-state index < -0.39 is 0 Å². The summed E-state index contributed by atoms with van der Waals surface area (Å²) in [5, 5.41) is 2.81. The first kappa shape index (κ1) is 21.0. The van der Waals surface area contributed by atoms with Crippen molar-refractivity contribution in [2.75, 3.05) is 18.5 Å². The van der Waals surface area contributed by atoms with Crippen LogP contribution in [0.4, 0.5) is 5.69 Å². The van der Waals surface area contributed by atoms with Crippen LogP contribution in [-0.4, -0.2) is 19.1 Å². The number of ether oxygens (including phenoxy) is 2. The number of benzene rings is 2. The van der Waals surface area contributed by atoms with E-state index in [-0.39, 0.29) is 12.5 Å². The maximum absolute atomic E-state index is 12.1. The average molecular weight is 432 g/mol. The normalized spacial score (nSPS) is 11.6. The van der Waals surface area contributed by atoms with E-state index in [4.69, 9.17) is 9.47 Å². The average Bonchev–Trinajstić information content (AvgIpc) is 2.65. The number of anilines is 1. The molecule has 27 heavy (non-hydrogen) atoms. The molecule has 0 saturated carbocycles. The summed E-state index contributed by atoms with van der Waals surface area (Å²) in [6, 6.07) is 13.2. The van der Waals surface area contributed by atoms with E-state index in [0.717, 1.165) is 22.2 Å². The SMILES string of the molecule is C=C(C)COc1ccc(NC(=O)COc2ccc(C(C)CC)cc2Br)cc1. The molecule has 0 fully saturated rings. The zero-order valence-electron chi connectivity index (χ0n) is 16.0. The van der Waals surface area contributed by atoms with Crippen LogP contribution in [0, 0.1) is 0 Å². The van der Waals surface area contributed by atoms with Gasteiger partial charge in [-0.25, -0.2) is 0 Å². The Morgan fingerprint density at radius 2 is 1.85 bits per heavy atom. The summed E-state index contributed by atoms with van der Waals surface area (Å²) < 4.78 is 12.0. The van der Waals surface area contributed by atoms with Gasteiger partial charge < -0.3 is 14.8 Å². The summed E-state index contributed by atoms with van der Waals surface area (Å²) in [4.78, 5) is 12.1. The maximum Gasteiger partial charge on any atom is 0.262 e. The lowest BCUT2D eigenvalue weighted by molar-refractivity contribution is -0.118. The van der Waals surface area contributed by atoms with Crippen molar-refractivity contribution in [3.63, 3.8) is 0 Å². The molecule has 0 saturated heterocycles. The Bertz CT molecular complexity index is 787. The summed E-state index contributed by atoms with van der Waals surface area (Å²) in [5.74, 6) is 1.66. The van der Waals surface area contributed by atoms with Crippen molar-refractivity contribution in [1.82, 2.24) is 0 Å². The monoisotopic (exact) mass is 431 g/mol. The third-order valence-corrected chi connectivity index (χ3v) is 4.74. The summed E-state index contributed by atoms with van der Waals surface area (Å²) in [7, 11) is 0. The van der Waals surface area contributed by atoms with Gasteiger partial charge in [0.1, 0.15) is 18.1 Å². The molecule has 0 spiro atoms. The van der Waals surface area contributed by atoms with E-state index in [1.165, 1.54) is 5.56 Å². The lowest BCUT2D eigenvalue weighted by atomic mass is 9.99. The van der Waals surface area contributed by atoms with Gasteiger partial charge in [0, 0.05) is 5.69 Å². The molecule has 2 rings (SSSR count). The molecular weight excluding hydrogens is 406 g/mol. The minimum atomic E-state index is -0.219. The zero-order valence-corrected chi connectivity index (χ0v) is 17.6. The fraction of sp³-hybridized carbons (Fsp3) is 0.318. The second-order valence-corrected chi connectivity index (χ2v) is 7.46. The largest absolute Gasteiger partial charge is 0.489 e. The molecule has 0 aromatic heterocycles. The van der Waals surface area contributed by atoms with Crippen molar-refractivity contribution < 1.29 is 14.3 Å². The molecule has 0 bridgehead atoms. The Balaban J connectivity index is 1.86. The Hall–Kier alpha value is -2.27. The van der Waals surface area contributed by atoms with Crippen LogP contribution in [0.1, 0.15) is 38.7 Å². The molecular formula is C22H26BrNO3. The molecule has 0 aliphatic rings. The van der Waals surface area contributed by atoms with E-state index in [9.17, 15) is 4.79 Å². The van der Waals surface area contributed by atoms with E-state index in [0.29, 0.717) is 24.0 Å². The molecule has 0 aliphatic heterocycles. The minimum Gasteiger partial charge on any atom is -0.489 e. The molecule has 0 aliphatic carbocycles. The van der Waals surface area contributed by atoms with Crippen molar-refractivity contribution >= 4 is 27.5 Å². The van der Waals surface area contributed by atoms with Crippen molar-refractivity contribution in [2.24, 2.45) is 0 Å². The molecule has 0 heterocycles. The summed E-state index contributed by atoms with van der Waals surface area (Å²) >= 11 is 3.52. The van der Waals surface area contributed by atoms with Crippen molar-refractivity contribution in [3.05, 3.63) is 64.7 Å². The van der Waals surface area contributed by atoms with Crippen LogP contribution in [0.3, 0.4) is 0 Å². The molecule has 1 atom stereocenters. The molecule has 2 aromatic carbocycles. The van der Waals surface area contributed by atoms with Gasteiger partial charge in [-0.3, -0.25) is 4.79 Å². The smallest absolute Gasteiger partial charge is 0.262 e. The highest BCUT2D eigenvalue weighted by Crippen LogP contribution is 2.30. The van der Waals surface area contributed by atoms with Crippen LogP contribution in [0.2, 0.25) is 0 Å². The van der Waals surface area contributed by atoms with E-state index >= 15 is 0 Å². The van der Waals surface area contributed by atoms with Crippen LogP contribution >= 0.6 is 15.9 Å². The van der Waals surface area contributed by atoms with Crippen molar-refractivity contribution in [2.45, 2.75) is 33.1 Å². The highest BCUT2D eigenvalue weighted by atomic mass is 79.9. The van der Waals surface area contributed by atoms with Gasteiger partial charge in [0.25, 0.3) is 5.91 Å². The second kappa shape index (κ2) is 10.2. The summed E-state index contributed by atoms with van der Waals surface area (Å²) in [5.41, 5.74) is 2.89. The number of carbonyl (C=O) groups is 1. The molecule has 4 nitrogen and oxygen atoms in total. The molecule has 2 aromatic rings. The molecule has 1 unspecified atom stereocenters. The topological polar surface area (TPSA) is 47.6 Å². The third kappa shape index (κ3) is 6.75. The number of hydrogen-bond donors (Lipinski definition) is 1. The number of amides is 1. The van der Waals surface area contributed by atoms with Crippen LogP contribution in [0.15, 0.2) is 59.1 Å². The first-order valence-corrected chi connectivity index (χ1v) is 9.77. The molecule has 144 valence electrons. The van der Waals surface area contributed by atoms with Gasteiger partial charge in [0.05, 0.1) is 4.47 Å². The third-order valence-electron chi connectivity index (χ3n) is 4.12. The molecule has 1 N–H and O–H groups in total. The van der Waals surface area contributed by atoms with Crippen molar-refractivity contribution in [3.8, 4) is 11.5 Å². The quantitative estimate of drug-likeness (QED) is 0.500. The van der Waals surface area contributed by atoms with Gasteiger partial charge in [0.15, 0.2) is 6.61 Å². The number of nitrogens with one attached hydrogen (secondary N) is 1. The number of rotatable bonds is 9. The highest BCUT2D eigenvalue weighted by Gasteiger charge is 2.09. The van der Waals surface area contributed by atoms with E-state index in [1.54, 1.807) is 12.1 Å². The number of hydrogen-bond acceptors (Lipinski definition) is 3. The fourth-order valence-electron chi connectivity index (χ4n) is 2.36. The lowest BCUT2D eigenvalue weighted by Crippen LogP contribution is -2.20. The van der Waals surface area contributed by atoms with E-state index in [2.05, 4.69) is 41.7 Å². The number of halogens is 1. The fourth-order valence-corrected chi connectivity index (χ4v) is 2.87. The maximum atomic E-state index is 12.1. The Labute approximate surface area is 169 Å². The molecule has 5 heteroatoms. The molecule has 1 amide bonds. The van der Waals surface area contributed by atoms with Gasteiger partial charge >= 0.3 is 0 Å². The van der Waals surface area contributed by atoms with Crippen LogP contribution in [-0.2, 0) is 4.79 Å². The molecule has 0 radical (unpaired) electrons. The van der Waals surface area contributed by atoms with Gasteiger partial charge in [-0.15, -0.1) is 0 Å². The highest BCUT2D eigenvalue weighted by molar-refractivity contribution is 9.10. The Morgan fingerprint density at radius 3 is 2.44 bits per heavy atom. The summed E-state index contributed by atoms with van der Waals surface area (Å²) in [6.07, 6.45) is 1.08. The van der Waals surface area contributed by atoms with E-state index in [1.807, 2.05) is 37.3 Å². The van der Waals surface area contributed by atoms with Crippen LogP contribution in [0.5, 0.6) is 11.5 Å². The second-order valence-electron chi connectivity index (χ2n) is 6.61. The van der Waals surface area contributed by atoms with Crippen LogP contribution in [0.25, 0.3) is 0 Å². The number of carbonyl (C=O) groups excluding carboxylic acids is 1. The minimum absolute atomic E-state index is 0.0603. The van der Waals surface area contributed by atoms with Crippen molar-refractivity contribution in [1.29, 1.82) is 0 Å². The van der Waals surface area contributed by atoms with Gasteiger partial charge in [-0.1, -0.05) is 26.5 Å². The van der Waals surface area contributed by atoms with Crippen LogP contribution < -0.4 is 14.8 Å². The van der Waals surface area contributed by atoms with Gasteiger partial charge in [-0.05, 0) is 82.7 Å².